The number of anilines is 1. The number of nitrogens with one attached hydrogen (secondary N) is 1. The zero-order valence-corrected chi connectivity index (χ0v) is 18.2. The van der Waals surface area contributed by atoms with Gasteiger partial charge in [0.2, 0.25) is 9.84 Å². The summed E-state index contributed by atoms with van der Waals surface area (Å²) < 4.78 is 25.4. The summed E-state index contributed by atoms with van der Waals surface area (Å²) in [6, 6.07) is 11.8. The lowest BCUT2D eigenvalue weighted by Crippen LogP contribution is -2.12. The predicted octanol–water partition coefficient (Wildman–Crippen LogP) is 4.64. The van der Waals surface area contributed by atoms with Crippen molar-refractivity contribution >= 4 is 49.7 Å². The van der Waals surface area contributed by atoms with Gasteiger partial charge in [-0.25, -0.2) is 13.4 Å². The van der Waals surface area contributed by atoms with E-state index in [-0.39, 0.29) is 25.8 Å². The lowest BCUT2D eigenvalue weighted by atomic mass is 10.2. The van der Waals surface area contributed by atoms with Gasteiger partial charge >= 0.3 is 0 Å². The molecule has 0 aliphatic carbocycles. The highest BCUT2D eigenvalue weighted by molar-refractivity contribution is 7.99. The maximum atomic E-state index is 12.7. The number of hydrogen-bond acceptors (Lipinski definition) is 8. The molecular weight excluding hydrogens is 446 g/mol. The monoisotopic (exact) mass is 463 g/mol. The fourth-order valence-electron chi connectivity index (χ4n) is 2.46. The van der Waals surface area contributed by atoms with Crippen LogP contribution in [0.3, 0.4) is 0 Å². The van der Waals surface area contributed by atoms with Gasteiger partial charge in [-0.1, -0.05) is 30.4 Å². The van der Waals surface area contributed by atoms with Crippen LogP contribution in [-0.2, 0) is 9.84 Å². The smallest absolute Gasteiger partial charge is 0.269 e. The molecule has 8 nitrogen and oxygen atoms in total. The summed E-state index contributed by atoms with van der Waals surface area (Å²) in [5.41, 5.74) is 0.289. The molecule has 156 valence electrons. The molecule has 0 saturated carbocycles. The Balaban J connectivity index is 1.79. The number of nitrogens with zero attached hydrogens (tertiary/aromatic N) is 2. The van der Waals surface area contributed by atoms with Crippen LogP contribution in [0.25, 0.3) is 0 Å². The number of carbonyl (C=O) groups excluding carboxylic acids is 1. The molecule has 0 fully saturated rings. The molecule has 11 heteroatoms. The number of aromatic nitrogens is 1. The molecule has 0 atom stereocenters. The van der Waals surface area contributed by atoms with Crippen molar-refractivity contribution in [1.29, 1.82) is 0 Å². The van der Waals surface area contributed by atoms with Gasteiger partial charge in [0.25, 0.3) is 11.6 Å². The Bertz CT molecular complexity index is 1170. The molecule has 0 unspecified atom stereocenters. The Labute approximate surface area is 181 Å². The maximum absolute atomic E-state index is 12.7. The third kappa shape index (κ3) is 4.86. The van der Waals surface area contributed by atoms with E-state index in [0.717, 1.165) is 46.7 Å². The molecule has 1 aromatic heterocycles. The largest absolute Gasteiger partial charge is 0.298 e. The van der Waals surface area contributed by atoms with Crippen LogP contribution < -0.4 is 5.32 Å². The molecule has 3 aromatic rings. The van der Waals surface area contributed by atoms with Crippen molar-refractivity contribution in [3.8, 4) is 0 Å². The molecule has 0 radical (unpaired) electrons. The van der Waals surface area contributed by atoms with Crippen molar-refractivity contribution in [1.82, 2.24) is 4.98 Å². The van der Waals surface area contributed by atoms with E-state index < -0.39 is 14.8 Å². The Kier molecular flexibility index (Phi) is 6.85. The van der Waals surface area contributed by atoms with Crippen molar-refractivity contribution in [2.75, 3.05) is 11.1 Å². The fraction of sp³-hybridized carbons (Fsp3) is 0.158. The molecule has 0 aliphatic heterocycles. The van der Waals surface area contributed by atoms with E-state index in [1.54, 1.807) is 23.9 Å². The first-order chi connectivity index (χ1) is 14.3. The van der Waals surface area contributed by atoms with Gasteiger partial charge in [-0.3, -0.25) is 20.2 Å². The summed E-state index contributed by atoms with van der Waals surface area (Å²) >= 11 is 2.39. The number of nitro benzene ring substituents is 1. The van der Waals surface area contributed by atoms with Gasteiger partial charge in [-0.05, 0) is 36.4 Å². The summed E-state index contributed by atoms with van der Waals surface area (Å²) in [6.07, 6.45) is 2.13. The average molecular weight is 464 g/mol. The van der Waals surface area contributed by atoms with Gasteiger partial charge < -0.3 is 0 Å². The number of nitro groups is 1. The van der Waals surface area contributed by atoms with Crippen molar-refractivity contribution < 1.29 is 18.1 Å². The summed E-state index contributed by atoms with van der Waals surface area (Å²) in [4.78, 5) is 27.6. The fourth-order valence-corrected chi connectivity index (χ4v) is 5.80. The zero-order valence-electron chi connectivity index (χ0n) is 15.8. The highest BCUT2D eigenvalue weighted by Gasteiger charge is 2.23. The van der Waals surface area contributed by atoms with Crippen LogP contribution in [0.4, 0.5) is 10.8 Å². The van der Waals surface area contributed by atoms with E-state index in [0.29, 0.717) is 5.56 Å². The molecule has 0 aliphatic rings. The summed E-state index contributed by atoms with van der Waals surface area (Å²) in [5.74, 6) is 0.502. The Morgan fingerprint density at radius 1 is 1.20 bits per heavy atom. The topological polar surface area (TPSA) is 119 Å². The van der Waals surface area contributed by atoms with Gasteiger partial charge in [0.05, 0.1) is 21.6 Å². The van der Waals surface area contributed by atoms with E-state index in [2.05, 4.69) is 17.2 Å². The molecule has 1 N–H and O–H groups in total. The molecule has 0 spiro atoms. The predicted molar refractivity (Wildman–Crippen MR) is 116 cm³/mol. The highest BCUT2D eigenvalue weighted by Crippen LogP contribution is 2.30. The molecule has 30 heavy (non-hydrogen) atoms. The minimum absolute atomic E-state index is 0.0692. The molecule has 0 bridgehead atoms. The first-order valence-electron chi connectivity index (χ1n) is 8.81. The van der Waals surface area contributed by atoms with Gasteiger partial charge in [0.15, 0.2) is 5.13 Å². The van der Waals surface area contributed by atoms with E-state index in [4.69, 9.17) is 0 Å². The number of thioether (sulfide) groups is 1. The Hall–Kier alpha value is -2.76. The van der Waals surface area contributed by atoms with Crippen LogP contribution in [0.15, 0.2) is 68.7 Å². The van der Waals surface area contributed by atoms with Crippen molar-refractivity contribution in [2.24, 2.45) is 0 Å². The number of rotatable bonds is 8. The van der Waals surface area contributed by atoms with Crippen LogP contribution in [-0.4, -0.2) is 30.0 Å². The van der Waals surface area contributed by atoms with Crippen LogP contribution >= 0.6 is 23.1 Å². The lowest BCUT2D eigenvalue weighted by Gasteiger charge is -2.07. The highest BCUT2D eigenvalue weighted by atomic mass is 32.2. The SMILES string of the molecule is CCCSc1ccccc1C(=O)Nc1ncc(S(=O)(=O)c2ccc([N+](=O)[O-])cc2)s1. The number of carbonyl (C=O) groups is 1. The summed E-state index contributed by atoms with van der Waals surface area (Å²) in [5, 5.41) is 13.5. The number of thiazole rings is 1. The second-order valence-corrected chi connectivity index (χ2v) is 10.4. The van der Waals surface area contributed by atoms with Gasteiger partial charge in [0, 0.05) is 17.0 Å². The number of hydrogen-bond donors (Lipinski definition) is 1. The second-order valence-electron chi connectivity index (χ2n) is 6.04. The van der Waals surface area contributed by atoms with Crippen LogP contribution in [0.5, 0.6) is 0 Å². The van der Waals surface area contributed by atoms with Crippen LogP contribution in [0.2, 0.25) is 0 Å². The Morgan fingerprint density at radius 3 is 2.57 bits per heavy atom. The maximum Gasteiger partial charge on any atom is 0.269 e. The first-order valence-corrected chi connectivity index (χ1v) is 12.1. The van der Waals surface area contributed by atoms with Crippen molar-refractivity contribution in [2.45, 2.75) is 27.3 Å². The normalized spacial score (nSPS) is 11.2. The third-order valence-corrected chi connectivity index (χ3v) is 8.34. The van der Waals surface area contributed by atoms with Gasteiger partial charge in [-0.2, -0.15) is 0 Å². The number of non-ortho nitro benzene ring substituents is 1. The number of amides is 1. The van der Waals surface area contributed by atoms with E-state index in [9.17, 15) is 23.3 Å². The zero-order chi connectivity index (χ0) is 21.7. The standard InChI is InChI=1S/C19H17N3O5S3/c1-2-11-28-16-6-4-3-5-15(16)18(23)21-19-20-12-17(29-19)30(26,27)14-9-7-13(8-10-14)22(24)25/h3-10,12H,2,11H2,1H3,(H,20,21,23). The number of sulfone groups is 1. The van der Waals surface area contributed by atoms with Crippen LogP contribution in [0, 0.1) is 10.1 Å². The molecule has 0 saturated heterocycles. The molecule has 1 amide bonds. The summed E-state index contributed by atoms with van der Waals surface area (Å²) in [7, 11) is -3.90. The molecular formula is C19H17N3O5S3. The van der Waals surface area contributed by atoms with Crippen molar-refractivity contribution in [3.05, 3.63) is 70.4 Å². The molecule has 3 rings (SSSR count). The minimum Gasteiger partial charge on any atom is -0.298 e. The van der Waals surface area contributed by atoms with Gasteiger partial charge in [-0.15, -0.1) is 11.8 Å². The first kappa shape index (κ1) is 21.9. The number of benzene rings is 2. The van der Waals surface area contributed by atoms with E-state index in [1.807, 2.05) is 12.1 Å². The van der Waals surface area contributed by atoms with E-state index >= 15 is 0 Å². The lowest BCUT2D eigenvalue weighted by molar-refractivity contribution is -0.384. The quantitative estimate of drug-likeness (QED) is 0.294. The Morgan fingerprint density at radius 2 is 1.90 bits per heavy atom. The minimum atomic E-state index is -3.90. The van der Waals surface area contributed by atoms with Crippen molar-refractivity contribution in [3.63, 3.8) is 0 Å². The average Bonchev–Trinajstić information content (AvgIpc) is 3.21. The van der Waals surface area contributed by atoms with Gasteiger partial charge in [0.1, 0.15) is 4.21 Å². The van der Waals surface area contributed by atoms with Crippen LogP contribution in [0.1, 0.15) is 23.7 Å². The third-order valence-electron chi connectivity index (χ3n) is 3.92. The van der Waals surface area contributed by atoms with E-state index in [1.165, 1.54) is 12.1 Å². The second kappa shape index (κ2) is 9.37. The summed E-state index contributed by atoms with van der Waals surface area (Å²) in [6.45, 7) is 2.05. The molecule has 1 heterocycles. The molecule has 2 aromatic carbocycles.